The van der Waals surface area contributed by atoms with Crippen molar-refractivity contribution < 1.29 is 13.5 Å². The first-order chi connectivity index (χ1) is 9.10. The molecule has 0 spiro atoms. The van der Waals surface area contributed by atoms with Gasteiger partial charge >= 0.3 is 0 Å². The first-order valence-corrected chi connectivity index (χ1v) is 5.83. The molecule has 0 aliphatic heterocycles. The van der Waals surface area contributed by atoms with Crippen LogP contribution in [0.3, 0.4) is 0 Å². The largest absolute Gasteiger partial charge is 0.483 e. The van der Waals surface area contributed by atoms with Crippen molar-refractivity contribution in [3.8, 4) is 5.75 Å². The van der Waals surface area contributed by atoms with Gasteiger partial charge in [-0.15, -0.1) is 0 Å². The molecule has 0 amide bonds. The van der Waals surface area contributed by atoms with Crippen LogP contribution in [-0.4, -0.2) is 16.8 Å². The fourth-order valence-corrected chi connectivity index (χ4v) is 1.76. The van der Waals surface area contributed by atoms with Crippen molar-refractivity contribution in [3.05, 3.63) is 47.3 Å². The van der Waals surface area contributed by atoms with E-state index in [1.54, 1.807) is 31.2 Å². The number of ether oxygens (including phenoxy) is 1. The lowest BCUT2D eigenvalue weighted by atomic mass is 10.2. The van der Waals surface area contributed by atoms with E-state index in [4.69, 9.17) is 4.74 Å². The minimum absolute atomic E-state index is 0.0764. The third kappa shape index (κ3) is 3.29. The van der Waals surface area contributed by atoms with Crippen LogP contribution in [0, 0.1) is 11.6 Å². The Morgan fingerprint density at radius 2 is 1.95 bits per heavy atom. The topological polar surface area (TPSA) is 39.1 Å². The fraction of sp³-hybridized carbons (Fsp3) is 0.308. The second-order valence-electron chi connectivity index (χ2n) is 4.23. The number of aryl methyl sites for hydroxylation is 1. The summed E-state index contributed by atoms with van der Waals surface area (Å²) < 4.78 is 34.2. The van der Waals surface area contributed by atoms with Crippen molar-refractivity contribution >= 4 is 0 Å². The predicted octanol–water partition coefficient (Wildman–Crippen LogP) is 2.00. The van der Waals surface area contributed by atoms with E-state index in [2.05, 4.69) is 10.4 Å². The van der Waals surface area contributed by atoms with Gasteiger partial charge in [-0.05, 0) is 24.7 Å². The lowest BCUT2D eigenvalue weighted by Crippen LogP contribution is -2.07. The summed E-state index contributed by atoms with van der Waals surface area (Å²) in [6, 6.07) is 2.52. The highest BCUT2D eigenvalue weighted by atomic mass is 19.1. The molecule has 4 nitrogen and oxygen atoms in total. The zero-order valence-electron chi connectivity index (χ0n) is 10.8. The molecule has 2 aromatic rings. The molecule has 0 fully saturated rings. The monoisotopic (exact) mass is 267 g/mol. The Hall–Kier alpha value is -1.95. The fourth-order valence-electron chi connectivity index (χ4n) is 1.76. The molecule has 0 atom stereocenters. The number of nitrogens with zero attached hydrogens (tertiary/aromatic N) is 2. The Balaban J connectivity index is 2.11. The molecule has 0 radical (unpaired) electrons. The van der Waals surface area contributed by atoms with Crippen molar-refractivity contribution in [1.29, 1.82) is 0 Å². The summed E-state index contributed by atoms with van der Waals surface area (Å²) in [5.41, 5.74) is 1.28. The number of rotatable bonds is 5. The van der Waals surface area contributed by atoms with Gasteiger partial charge in [0.2, 0.25) is 0 Å². The Morgan fingerprint density at radius 3 is 2.47 bits per heavy atom. The molecule has 0 aliphatic rings. The first kappa shape index (κ1) is 13.5. The van der Waals surface area contributed by atoms with E-state index in [0.29, 0.717) is 12.1 Å². The van der Waals surface area contributed by atoms with Crippen molar-refractivity contribution in [3.63, 3.8) is 0 Å². The summed E-state index contributed by atoms with van der Waals surface area (Å²) in [7, 11) is 3.47. The summed E-state index contributed by atoms with van der Waals surface area (Å²) in [5.74, 6) is -1.76. The van der Waals surface area contributed by atoms with Gasteiger partial charge in [0.15, 0.2) is 17.4 Å². The summed E-state index contributed by atoms with van der Waals surface area (Å²) >= 11 is 0. The van der Waals surface area contributed by atoms with Crippen molar-refractivity contribution in [2.75, 3.05) is 7.05 Å². The van der Waals surface area contributed by atoms with E-state index in [-0.39, 0.29) is 12.4 Å². The summed E-state index contributed by atoms with van der Waals surface area (Å²) in [5, 5.41) is 6.79. The quantitative estimate of drug-likeness (QED) is 0.900. The van der Waals surface area contributed by atoms with Crippen LogP contribution in [0.4, 0.5) is 8.78 Å². The molecule has 1 aromatic heterocycles. The van der Waals surface area contributed by atoms with Gasteiger partial charge in [0.05, 0.1) is 6.20 Å². The minimum Gasteiger partial charge on any atom is -0.483 e. The molecule has 102 valence electrons. The maximum atomic E-state index is 13.7. The number of aromatic nitrogens is 2. The Labute approximate surface area is 110 Å². The normalized spacial score (nSPS) is 10.7. The van der Waals surface area contributed by atoms with Gasteiger partial charge < -0.3 is 10.1 Å². The molecule has 0 aliphatic carbocycles. The Kier molecular flexibility index (Phi) is 4.11. The Morgan fingerprint density at radius 1 is 1.26 bits per heavy atom. The highest BCUT2D eigenvalue weighted by Crippen LogP contribution is 2.24. The molecule has 2 rings (SSSR count). The maximum Gasteiger partial charge on any atom is 0.191 e. The van der Waals surface area contributed by atoms with Gasteiger partial charge in [-0.2, -0.15) is 5.10 Å². The number of halogens is 2. The van der Waals surface area contributed by atoms with Gasteiger partial charge in [0.1, 0.15) is 6.61 Å². The van der Waals surface area contributed by atoms with Gasteiger partial charge in [0.25, 0.3) is 0 Å². The average molecular weight is 267 g/mol. The zero-order valence-corrected chi connectivity index (χ0v) is 10.8. The smallest absolute Gasteiger partial charge is 0.191 e. The van der Waals surface area contributed by atoms with Crippen LogP contribution in [-0.2, 0) is 20.2 Å². The second kappa shape index (κ2) is 5.79. The highest BCUT2D eigenvalue weighted by Gasteiger charge is 2.13. The van der Waals surface area contributed by atoms with Gasteiger partial charge in [-0.25, -0.2) is 8.78 Å². The van der Waals surface area contributed by atoms with E-state index in [1.165, 1.54) is 12.1 Å². The molecule has 0 saturated carbocycles. The van der Waals surface area contributed by atoms with E-state index in [0.717, 1.165) is 5.56 Å². The summed E-state index contributed by atoms with van der Waals surface area (Å²) in [6.45, 7) is 0.476. The van der Waals surface area contributed by atoms with Crippen LogP contribution >= 0.6 is 0 Å². The molecule has 1 aromatic carbocycles. The number of benzene rings is 1. The maximum absolute atomic E-state index is 13.7. The summed E-state index contributed by atoms with van der Waals surface area (Å²) in [6.07, 6.45) is 3.32. The van der Waals surface area contributed by atoms with Gasteiger partial charge in [-0.1, -0.05) is 0 Å². The lowest BCUT2D eigenvalue weighted by Gasteiger charge is -2.09. The second-order valence-corrected chi connectivity index (χ2v) is 4.23. The van der Waals surface area contributed by atoms with Crippen LogP contribution in [0.2, 0.25) is 0 Å². The minimum atomic E-state index is -0.700. The van der Waals surface area contributed by atoms with Crippen LogP contribution in [0.1, 0.15) is 11.1 Å². The van der Waals surface area contributed by atoms with Gasteiger partial charge in [0, 0.05) is 25.4 Å². The third-order valence-corrected chi connectivity index (χ3v) is 2.58. The molecular weight excluding hydrogens is 252 g/mol. The van der Waals surface area contributed by atoms with Crippen molar-refractivity contribution in [2.45, 2.75) is 13.2 Å². The molecule has 1 N–H and O–H groups in total. The van der Waals surface area contributed by atoms with E-state index < -0.39 is 11.6 Å². The average Bonchev–Trinajstić information content (AvgIpc) is 2.74. The van der Waals surface area contributed by atoms with Crippen LogP contribution in [0.25, 0.3) is 0 Å². The van der Waals surface area contributed by atoms with Gasteiger partial charge in [-0.3, -0.25) is 4.68 Å². The van der Waals surface area contributed by atoms with E-state index in [9.17, 15) is 8.78 Å². The number of nitrogens with one attached hydrogen (secondary N) is 1. The molecular formula is C13H15F2N3O. The van der Waals surface area contributed by atoms with Crippen molar-refractivity contribution in [1.82, 2.24) is 15.1 Å². The van der Waals surface area contributed by atoms with Crippen LogP contribution in [0.5, 0.6) is 5.75 Å². The van der Waals surface area contributed by atoms with E-state index >= 15 is 0 Å². The number of hydrogen-bond acceptors (Lipinski definition) is 3. The third-order valence-electron chi connectivity index (χ3n) is 2.58. The molecule has 0 bridgehead atoms. The molecule has 19 heavy (non-hydrogen) atoms. The predicted molar refractivity (Wildman–Crippen MR) is 66.7 cm³/mol. The van der Waals surface area contributed by atoms with Crippen LogP contribution in [0.15, 0.2) is 24.5 Å². The first-order valence-electron chi connectivity index (χ1n) is 5.83. The highest BCUT2D eigenvalue weighted by molar-refractivity contribution is 5.31. The van der Waals surface area contributed by atoms with Crippen molar-refractivity contribution in [2.24, 2.45) is 7.05 Å². The SMILES string of the molecule is CNCc1cc(F)c(OCc2cnn(C)c2)c(F)c1. The van der Waals surface area contributed by atoms with Crippen LogP contribution < -0.4 is 10.1 Å². The molecule has 1 heterocycles. The molecule has 6 heteroatoms. The lowest BCUT2D eigenvalue weighted by molar-refractivity contribution is 0.273. The zero-order chi connectivity index (χ0) is 13.8. The standard InChI is InChI=1S/C13H15F2N3O/c1-16-5-9-3-11(14)13(12(15)4-9)19-8-10-6-17-18(2)7-10/h3-4,6-7,16H,5,8H2,1-2H3. The van der Waals surface area contributed by atoms with E-state index in [1.807, 2.05) is 0 Å². The Bertz CT molecular complexity index is 546. The molecule has 0 saturated heterocycles. The number of hydrogen-bond donors (Lipinski definition) is 1. The summed E-state index contributed by atoms with van der Waals surface area (Å²) in [4.78, 5) is 0. The molecule has 0 unspecified atom stereocenters.